The van der Waals surface area contributed by atoms with Gasteiger partial charge in [-0.2, -0.15) is 0 Å². The summed E-state index contributed by atoms with van der Waals surface area (Å²) in [5.41, 5.74) is 0.241. The molecule has 1 saturated carbocycles. The molecule has 2 aliphatic rings. The maximum absolute atomic E-state index is 14.5. The highest BCUT2D eigenvalue weighted by Crippen LogP contribution is 2.31. The van der Waals surface area contributed by atoms with Crippen LogP contribution in [-0.2, 0) is 9.47 Å². The molecule has 0 amide bonds. The molecule has 4 heteroatoms. The van der Waals surface area contributed by atoms with E-state index in [4.69, 9.17) is 9.47 Å². The second-order valence-electron chi connectivity index (χ2n) is 7.91. The van der Waals surface area contributed by atoms with Gasteiger partial charge in [-0.1, -0.05) is 38.5 Å². The summed E-state index contributed by atoms with van der Waals surface area (Å²) in [6.07, 6.45) is 6.97. The van der Waals surface area contributed by atoms with Crippen LogP contribution < -0.4 is 0 Å². The van der Waals surface area contributed by atoms with Gasteiger partial charge in [0.25, 0.3) is 0 Å². The zero-order valence-electron chi connectivity index (χ0n) is 16.4. The summed E-state index contributed by atoms with van der Waals surface area (Å²) in [6.45, 7) is 5.45. The quantitative estimate of drug-likeness (QED) is 0.601. The molecular weight excluding hydrogens is 346 g/mol. The van der Waals surface area contributed by atoms with Crippen LogP contribution in [-0.4, -0.2) is 13.2 Å². The fourth-order valence-corrected chi connectivity index (χ4v) is 4.05. The topological polar surface area (TPSA) is 18.5 Å². The molecule has 1 aliphatic heterocycles. The van der Waals surface area contributed by atoms with Crippen molar-refractivity contribution in [2.24, 2.45) is 17.8 Å². The molecule has 0 bridgehead atoms. The molecule has 1 aromatic rings. The SMILES string of the molecule is CCC[C@H]1CO[C@H](c2cc(F)c(C#CC3CCC(CC)CC3)c(F)c2)OC1. The molecule has 0 spiro atoms. The van der Waals surface area contributed by atoms with Crippen molar-refractivity contribution in [1.29, 1.82) is 0 Å². The first kappa shape index (κ1) is 20.3. The summed E-state index contributed by atoms with van der Waals surface area (Å²) in [6, 6.07) is 2.60. The fraction of sp³-hybridized carbons (Fsp3) is 0.652. The van der Waals surface area contributed by atoms with Crippen LogP contribution in [0.2, 0.25) is 0 Å². The van der Waals surface area contributed by atoms with Gasteiger partial charge < -0.3 is 9.47 Å². The van der Waals surface area contributed by atoms with E-state index in [2.05, 4.69) is 25.7 Å². The van der Waals surface area contributed by atoms with Gasteiger partial charge in [-0.25, -0.2) is 8.78 Å². The van der Waals surface area contributed by atoms with Crippen LogP contribution in [0.1, 0.15) is 76.2 Å². The van der Waals surface area contributed by atoms with Crippen LogP contribution in [0.15, 0.2) is 12.1 Å². The van der Waals surface area contributed by atoms with E-state index >= 15 is 0 Å². The Morgan fingerprint density at radius 2 is 1.59 bits per heavy atom. The number of rotatable bonds is 4. The summed E-state index contributed by atoms with van der Waals surface area (Å²) in [7, 11) is 0. The third-order valence-electron chi connectivity index (χ3n) is 5.83. The molecule has 27 heavy (non-hydrogen) atoms. The molecule has 1 saturated heterocycles. The van der Waals surface area contributed by atoms with Gasteiger partial charge in [-0.15, -0.1) is 0 Å². The van der Waals surface area contributed by atoms with Crippen molar-refractivity contribution in [3.05, 3.63) is 34.9 Å². The van der Waals surface area contributed by atoms with Gasteiger partial charge in [0, 0.05) is 17.4 Å². The second kappa shape index (κ2) is 9.66. The van der Waals surface area contributed by atoms with Gasteiger partial charge in [-0.3, -0.25) is 0 Å². The number of hydrogen-bond donors (Lipinski definition) is 0. The molecule has 148 valence electrons. The van der Waals surface area contributed by atoms with E-state index in [9.17, 15) is 8.78 Å². The molecule has 0 atom stereocenters. The lowest BCUT2D eigenvalue weighted by Crippen LogP contribution is -2.27. The number of benzene rings is 1. The van der Waals surface area contributed by atoms with E-state index in [1.54, 1.807) is 0 Å². The average molecular weight is 376 g/mol. The maximum atomic E-state index is 14.5. The van der Waals surface area contributed by atoms with Crippen LogP contribution in [0, 0.1) is 41.2 Å². The van der Waals surface area contributed by atoms with Crippen molar-refractivity contribution in [2.75, 3.05) is 13.2 Å². The first-order valence-corrected chi connectivity index (χ1v) is 10.3. The van der Waals surface area contributed by atoms with E-state index in [-0.39, 0.29) is 11.5 Å². The van der Waals surface area contributed by atoms with E-state index in [1.807, 2.05) is 0 Å². The highest BCUT2D eigenvalue weighted by atomic mass is 19.1. The Kier molecular flexibility index (Phi) is 7.26. The van der Waals surface area contributed by atoms with Crippen LogP contribution in [0.5, 0.6) is 0 Å². The van der Waals surface area contributed by atoms with Crippen LogP contribution in [0.3, 0.4) is 0 Å². The molecule has 3 rings (SSSR count). The Bertz CT molecular complexity index is 652. The molecule has 0 radical (unpaired) electrons. The highest BCUT2D eigenvalue weighted by molar-refractivity contribution is 5.40. The average Bonchev–Trinajstić information content (AvgIpc) is 2.68. The zero-order valence-corrected chi connectivity index (χ0v) is 16.4. The van der Waals surface area contributed by atoms with E-state index in [1.165, 1.54) is 18.6 Å². The van der Waals surface area contributed by atoms with Crippen molar-refractivity contribution in [1.82, 2.24) is 0 Å². The minimum atomic E-state index is -0.701. The lowest BCUT2D eigenvalue weighted by Gasteiger charge is -2.29. The third kappa shape index (κ3) is 5.30. The summed E-state index contributed by atoms with van der Waals surface area (Å²) < 4.78 is 40.3. The van der Waals surface area contributed by atoms with Crippen molar-refractivity contribution in [3.8, 4) is 11.8 Å². The van der Waals surface area contributed by atoms with Gasteiger partial charge in [0.05, 0.1) is 18.8 Å². The van der Waals surface area contributed by atoms with Crippen LogP contribution in [0.25, 0.3) is 0 Å². The summed E-state index contributed by atoms with van der Waals surface area (Å²) >= 11 is 0. The molecular formula is C23H30F2O2. The first-order chi connectivity index (χ1) is 13.1. The van der Waals surface area contributed by atoms with Crippen molar-refractivity contribution in [2.45, 2.75) is 65.1 Å². The van der Waals surface area contributed by atoms with Gasteiger partial charge in [0.15, 0.2) is 6.29 Å². The monoisotopic (exact) mass is 376 g/mol. The summed E-state index contributed by atoms with van der Waals surface area (Å²) in [5, 5.41) is 0. The predicted octanol–water partition coefficient (Wildman–Crippen LogP) is 5.99. The Labute approximate surface area is 161 Å². The number of hydrogen-bond acceptors (Lipinski definition) is 2. The maximum Gasteiger partial charge on any atom is 0.184 e. The zero-order chi connectivity index (χ0) is 19.2. The lowest BCUT2D eigenvalue weighted by molar-refractivity contribution is -0.206. The fourth-order valence-electron chi connectivity index (χ4n) is 4.05. The smallest absolute Gasteiger partial charge is 0.184 e. The largest absolute Gasteiger partial charge is 0.348 e. The summed E-state index contributed by atoms with van der Waals surface area (Å²) in [5.74, 6) is 5.95. The molecule has 2 nitrogen and oxygen atoms in total. The molecule has 1 aliphatic carbocycles. The highest BCUT2D eigenvalue weighted by Gasteiger charge is 2.25. The van der Waals surface area contributed by atoms with Gasteiger partial charge in [-0.05, 0) is 50.2 Å². The third-order valence-corrected chi connectivity index (χ3v) is 5.83. The normalized spacial score (nSPS) is 28.4. The standard InChI is InChI=1S/C23H30F2O2/c1-3-5-18-14-26-23(27-15-18)19-12-21(24)20(22(25)13-19)11-10-17-8-6-16(4-2)7-9-17/h12-13,16-18,23H,3-9,14-15H2,1-2H3/t16?,17?,18-,23-. The van der Waals surface area contributed by atoms with Gasteiger partial charge >= 0.3 is 0 Å². The first-order valence-electron chi connectivity index (χ1n) is 10.3. The Hall–Kier alpha value is -1.44. The van der Waals surface area contributed by atoms with E-state index in [0.717, 1.165) is 44.4 Å². The number of halogens is 2. The number of ether oxygens (including phenoxy) is 2. The molecule has 2 fully saturated rings. The van der Waals surface area contributed by atoms with E-state index < -0.39 is 17.9 Å². The van der Waals surface area contributed by atoms with Crippen molar-refractivity contribution in [3.63, 3.8) is 0 Å². The van der Waals surface area contributed by atoms with Crippen LogP contribution in [0.4, 0.5) is 8.78 Å². The minimum absolute atomic E-state index is 0.143. The molecule has 0 aromatic heterocycles. The van der Waals surface area contributed by atoms with Gasteiger partial charge in [0.1, 0.15) is 11.6 Å². The predicted molar refractivity (Wildman–Crippen MR) is 102 cm³/mol. The lowest BCUT2D eigenvalue weighted by atomic mass is 9.81. The minimum Gasteiger partial charge on any atom is -0.348 e. The Morgan fingerprint density at radius 3 is 2.15 bits per heavy atom. The molecule has 1 aromatic carbocycles. The second-order valence-corrected chi connectivity index (χ2v) is 7.91. The van der Waals surface area contributed by atoms with E-state index in [0.29, 0.717) is 24.7 Å². The Balaban J connectivity index is 1.65. The molecule has 0 N–H and O–H groups in total. The van der Waals surface area contributed by atoms with Gasteiger partial charge in [0.2, 0.25) is 0 Å². The molecule has 1 heterocycles. The summed E-state index contributed by atoms with van der Waals surface area (Å²) in [4.78, 5) is 0. The Morgan fingerprint density at radius 1 is 0.963 bits per heavy atom. The molecule has 0 unspecified atom stereocenters. The van der Waals surface area contributed by atoms with Crippen LogP contribution >= 0.6 is 0 Å². The van der Waals surface area contributed by atoms with Crippen molar-refractivity contribution >= 4 is 0 Å². The van der Waals surface area contributed by atoms with Crippen molar-refractivity contribution < 1.29 is 18.3 Å².